The van der Waals surface area contributed by atoms with Gasteiger partial charge in [-0.15, -0.1) is 10.2 Å². The average molecular weight is 373 g/mol. The molecule has 0 saturated heterocycles. The molecule has 0 aliphatic rings. The summed E-state index contributed by atoms with van der Waals surface area (Å²) in [5.41, 5.74) is 1.30. The lowest BCUT2D eigenvalue weighted by atomic mass is 10.3. The van der Waals surface area contributed by atoms with Gasteiger partial charge in [0.2, 0.25) is 17.7 Å². The second kappa shape index (κ2) is 9.52. The zero-order valence-corrected chi connectivity index (χ0v) is 15.2. The lowest BCUT2D eigenvalue weighted by molar-refractivity contribution is -0.116. The first kappa shape index (κ1) is 19.4. The molecule has 0 atom stereocenters. The molecule has 0 saturated carbocycles. The number of carbonyl (C=O) groups is 3. The molecule has 0 fully saturated rings. The molecule has 0 aliphatic carbocycles. The number of thioether (sulfide) groups is 1. The summed E-state index contributed by atoms with van der Waals surface area (Å²) < 4.78 is 0. The second-order valence-corrected chi connectivity index (χ2v) is 6.25. The first-order valence-corrected chi connectivity index (χ1v) is 8.88. The molecule has 0 radical (unpaired) electrons. The highest BCUT2D eigenvalue weighted by Crippen LogP contribution is 2.17. The van der Waals surface area contributed by atoms with Gasteiger partial charge >= 0.3 is 0 Å². The molecule has 136 valence electrons. The van der Waals surface area contributed by atoms with Crippen molar-refractivity contribution in [1.82, 2.24) is 10.2 Å². The summed E-state index contributed by atoms with van der Waals surface area (Å²) in [5.74, 6) is 0.0727. The first-order chi connectivity index (χ1) is 12.5. The van der Waals surface area contributed by atoms with E-state index in [1.54, 1.807) is 43.3 Å². The highest BCUT2D eigenvalue weighted by atomic mass is 32.2. The summed E-state index contributed by atoms with van der Waals surface area (Å²) in [4.78, 5) is 34.2. The Labute approximate surface area is 155 Å². The molecule has 9 heteroatoms. The van der Waals surface area contributed by atoms with Crippen LogP contribution in [0.4, 0.5) is 17.2 Å². The smallest absolute Gasteiger partial charge is 0.234 e. The van der Waals surface area contributed by atoms with Gasteiger partial charge in [-0.05, 0) is 36.4 Å². The summed E-state index contributed by atoms with van der Waals surface area (Å²) in [6, 6.07) is 10.2. The molecule has 1 aromatic heterocycles. The highest BCUT2D eigenvalue weighted by molar-refractivity contribution is 7.99. The van der Waals surface area contributed by atoms with Crippen LogP contribution in [0.5, 0.6) is 0 Å². The van der Waals surface area contributed by atoms with Crippen molar-refractivity contribution in [2.45, 2.75) is 25.3 Å². The van der Waals surface area contributed by atoms with E-state index in [-0.39, 0.29) is 23.5 Å². The SMILES string of the molecule is CCC(=O)Nc1ccc(SCC(=O)Nc2ccc(NC(C)=O)cc2)nn1. The number of amides is 3. The van der Waals surface area contributed by atoms with Gasteiger partial charge in [0.1, 0.15) is 5.03 Å². The van der Waals surface area contributed by atoms with Crippen LogP contribution in [-0.4, -0.2) is 33.7 Å². The van der Waals surface area contributed by atoms with Crippen molar-refractivity contribution in [3.63, 3.8) is 0 Å². The third kappa shape index (κ3) is 6.52. The standard InChI is InChI=1S/C17H19N5O3S/c1-3-15(24)20-14-8-9-17(22-21-14)26-10-16(25)19-13-6-4-12(5-7-13)18-11(2)23/h4-9H,3,10H2,1-2H3,(H,18,23)(H,19,25)(H,20,21,24). The molecule has 8 nitrogen and oxygen atoms in total. The molecule has 26 heavy (non-hydrogen) atoms. The van der Waals surface area contributed by atoms with Crippen LogP contribution in [0.25, 0.3) is 0 Å². The topological polar surface area (TPSA) is 113 Å². The lowest BCUT2D eigenvalue weighted by Gasteiger charge is -2.07. The molecule has 0 aliphatic heterocycles. The Balaban J connectivity index is 1.81. The third-order valence-corrected chi connectivity index (χ3v) is 3.99. The fourth-order valence-electron chi connectivity index (χ4n) is 1.87. The molecule has 0 unspecified atom stereocenters. The minimum Gasteiger partial charge on any atom is -0.326 e. The zero-order valence-electron chi connectivity index (χ0n) is 14.4. The van der Waals surface area contributed by atoms with Crippen molar-refractivity contribution in [2.75, 3.05) is 21.7 Å². The Morgan fingerprint density at radius 1 is 0.885 bits per heavy atom. The fourth-order valence-corrected chi connectivity index (χ4v) is 2.49. The fraction of sp³-hybridized carbons (Fsp3) is 0.235. The van der Waals surface area contributed by atoms with Gasteiger partial charge in [0, 0.05) is 24.7 Å². The van der Waals surface area contributed by atoms with E-state index in [2.05, 4.69) is 26.1 Å². The van der Waals surface area contributed by atoms with Gasteiger partial charge in [0.15, 0.2) is 5.82 Å². The minimum atomic E-state index is -0.188. The van der Waals surface area contributed by atoms with E-state index in [9.17, 15) is 14.4 Å². The van der Waals surface area contributed by atoms with E-state index < -0.39 is 0 Å². The maximum atomic E-state index is 12.0. The van der Waals surface area contributed by atoms with Gasteiger partial charge in [-0.3, -0.25) is 14.4 Å². The quantitative estimate of drug-likeness (QED) is 0.643. The van der Waals surface area contributed by atoms with E-state index in [4.69, 9.17) is 0 Å². The molecular weight excluding hydrogens is 354 g/mol. The van der Waals surface area contributed by atoms with Crippen LogP contribution >= 0.6 is 11.8 Å². The second-order valence-electron chi connectivity index (χ2n) is 5.25. The van der Waals surface area contributed by atoms with Crippen molar-refractivity contribution >= 4 is 46.7 Å². The third-order valence-electron chi connectivity index (χ3n) is 3.07. The number of hydrogen-bond donors (Lipinski definition) is 3. The molecule has 1 heterocycles. The van der Waals surface area contributed by atoms with E-state index in [0.29, 0.717) is 28.6 Å². The van der Waals surface area contributed by atoms with E-state index in [1.165, 1.54) is 18.7 Å². The molecule has 3 amide bonds. The minimum absolute atomic E-state index is 0.136. The predicted molar refractivity (Wildman–Crippen MR) is 101 cm³/mol. The summed E-state index contributed by atoms with van der Waals surface area (Å²) in [6.45, 7) is 3.18. The van der Waals surface area contributed by atoms with Gasteiger partial charge in [-0.2, -0.15) is 0 Å². The van der Waals surface area contributed by atoms with Crippen molar-refractivity contribution in [1.29, 1.82) is 0 Å². The average Bonchev–Trinajstić information content (AvgIpc) is 2.62. The van der Waals surface area contributed by atoms with Crippen LogP contribution in [-0.2, 0) is 14.4 Å². The molecule has 2 rings (SSSR count). The number of nitrogens with zero attached hydrogens (tertiary/aromatic N) is 2. The number of hydrogen-bond acceptors (Lipinski definition) is 6. The largest absolute Gasteiger partial charge is 0.326 e. The van der Waals surface area contributed by atoms with Crippen molar-refractivity contribution < 1.29 is 14.4 Å². The zero-order chi connectivity index (χ0) is 18.9. The maximum absolute atomic E-state index is 12.0. The Kier molecular flexibility index (Phi) is 7.10. The van der Waals surface area contributed by atoms with E-state index >= 15 is 0 Å². The number of rotatable bonds is 7. The van der Waals surface area contributed by atoms with Crippen molar-refractivity contribution in [3.8, 4) is 0 Å². The maximum Gasteiger partial charge on any atom is 0.234 e. The van der Waals surface area contributed by atoms with Gasteiger partial charge < -0.3 is 16.0 Å². The summed E-state index contributed by atoms with van der Waals surface area (Å²) in [5, 5.41) is 16.5. The number of nitrogens with one attached hydrogen (secondary N) is 3. The molecular formula is C17H19N5O3S. The number of anilines is 3. The molecule has 3 N–H and O–H groups in total. The Hall–Kier alpha value is -2.94. The Bertz CT molecular complexity index is 778. The van der Waals surface area contributed by atoms with Crippen LogP contribution in [0.3, 0.4) is 0 Å². The van der Waals surface area contributed by atoms with E-state index in [1.807, 2.05) is 0 Å². The molecule has 0 bridgehead atoms. The summed E-state index contributed by atoms with van der Waals surface area (Å²) >= 11 is 1.24. The first-order valence-electron chi connectivity index (χ1n) is 7.90. The molecule has 2 aromatic rings. The normalized spacial score (nSPS) is 10.1. The monoisotopic (exact) mass is 373 g/mol. The van der Waals surface area contributed by atoms with Crippen molar-refractivity contribution in [3.05, 3.63) is 36.4 Å². The summed E-state index contributed by atoms with van der Waals surface area (Å²) in [7, 11) is 0. The Morgan fingerprint density at radius 3 is 2.08 bits per heavy atom. The highest BCUT2D eigenvalue weighted by Gasteiger charge is 2.07. The number of carbonyl (C=O) groups excluding carboxylic acids is 3. The van der Waals surface area contributed by atoms with Crippen molar-refractivity contribution in [2.24, 2.45) is 0 Å². The molecule has 0 spiro atoms. The van der Waals surface area contributed by atoms with E-state index in [0.717, 1.165) is 0 Å². The van der Waals surface area contributed by atoms with Crippen LogP contribution in [0.2, 0.25) is 0 Å². The number of aromatic nitrogens is 2. The van der Waals surface area contributed by atoms with Crippen LogP contribution < -0.4 is 16.0 Å². The lowest BCUT2D eigenvalue weighted by Crippen LogP contribution is -2.14. The summed E-state index contributed by atoms with van der Waals surface area (Å²) in [6.07, 6.45) is 0.365. The Morgan fingerprint density at radius 2 is 1.54 bits per heavy atom. The van der Waals surface area contributed by atoms with Crippen LogP contribution in [0.1, 0.15) is 20.3 Å². The van der Waals surface area contributed by atoms with Crippen LogP contribution in [0, 0.1) is 0 Å². The van der Waals surface area contributed by atoms with Gasteiger partial charge in [-0.1, -0.05) is 18.7 Å². The van der Waals surface area contributed by atoms with Crippen LogP contribution in [0.15, 0.2) is 41.4 Å². The van der Waals surface area contributed by atoms with Gasteiger partial charge in [-0.25, -0.2) is 0 Å². The van der Waals surface area contributed by atoms with Gasteiger partial charge in [0.25, 0.3) is 0 Å². The van der Waals surface area contributed by atoms with Gasteiger partial charge in [0.05, 0.1) is 5.75 Å². The predicted octanol–water partition coefficient (Wildman–Crippen LogP) is 2.51. The molecule has 1 aromatic carbocycles. The number of benzene rings is 1.